The Morgan fingerprint density at radius 3 is 2.50 bits per heavy atom. The normalized spacial score (nSPS) is 13.3. The zero-order chi connectivity index (χ0) is 15.3. The topological polar surface area (TPSA) is 24.5 Å². The molecular formula is C16H27ClN2O. The summed E-state index contributed by atoms with van der Waals surface area (Å²) >= 11 is 6.41. The van der Waals surface area contributed by atoms with E-state index >= 15 is 0 Å². The molecule has 20 heavy (non-hydrogen) atoms. The highest BCUT2D eigenvalue weighted by atomic mass is 35.5. The Bertz CT molecular complexity index is 429. The summed E-state index contributed by atoms with van der Waals surface area (Å²) < 4.78 is 5.19. The molecule has 1 rings (SSSR count). The maximum atomic E-state index is 6.41. The maximum Gasteiger partial charge on any atom is 0.0663 e. The monoisotopic (exact) mass is 298 g/mol. The standard InChI is InChI=1S/C16H27ClN2O/c1-12(11-20-6)19(5)15-8-7-13(9-14(15)17)10-18-16(2,3)4/h7-9,12,18H,10-11H2,1-6H3. The lowest BCUT2D eigenvalue weighted by molar-refractivity contribution is 0.183. The van der Waals surface area contributed by atoms with Crippen molar-refractivity contribution in [3.63, 3.8) is 0 Å². The summed E-state index contributed by atoms with van der Waals surface area (Å²) in [6.07, 6.45) is 0. The Labute approximate surface area is 128 Å². The highest BCUT2D eigenvalue weighted by molar-refractivity contribution is 6.33. The van der Waals surface area contributed by atoms with Gasteiger partial charge in [-0.15, -0.1) is 0 Å². The van der Waals surface area contributed by atoms with Gasteiger partial charge in [-0.05, 0) is 45.4 Å². The lowest BCUT2D eigenvalue weighted by atomic mass is 10.1. The van der Waals surface area contributed by atoms with E-state index in [9.17, 15) is 0 Å². The van der Waals surface area contributed by atoms with Gasteiger partial charge in [-0.1, -0.05) is 17.7 Å². The van der Waals surface area contributed by atoms with Crippen LogP contribution in [0.1, 0.15) is 33.3 Å². The first-order chi connectivity index (χ1) is 9.24. The summed E-state index contributed by atoms with van der Waals surface area (Å²) in [6.45, 7) is 10.1. The van der Waals surface area contributed by atoms with Gasteiger partial charge in [0.1, 0.15) is 0 Å². The number of rotatable bonds is 6. The quantitative estimate of drug-likeness (QED) is 0.867. The van der Waals surface area contributed by atoms with E-state index in [4.69, 9.17) is 16.3 Å². The minimum absolute atomic E-state index is 0.106. The molecule has 1 unspecified atom stereocenters. The van der Waals surface area contributed by atoms with Crippen molar-refractivity contribution in [2.24, 2.45) is 0 Å². The van der Waals surface area contributed by atoms with Crippen LogP contribution in [0.2, 0.25) is 5.02 Å². The van der Waals surface area contributed by atoms with Gasteiger partial charge in [-0.2, -0.15) is 0 Å². The number of methoxy groups -OCH3 is 1. The van der Waals surface area contributed by atoms with Crippen LogP contribution in [0.15, 0.2) is 18.2 Å². The Kier molecular flexibility index (Phi) is 6.31. The lowest BCUT2D eigenvalue weighted by Gasteiger charge is -2.28. The number of hydrogen-bond acceptors (Lipinski definition) is 3. The molecule has 4 heteroatoms. The highest BCUT2D eigenvalue weighted by Crippen LogP contribution is 2.27. The molecule has 0 aliphatic carbocycles. The van der Waals surface area contributed by atoms with E-state index in [1.807, 2.05) is 13.1 Å². The first kappa shape index (κ1) is 17.3. The van der Waals surface area contributed by atoms with Crippen molar-refractivity contribution in [2.45, 2.75) is 45.8 Å². The Balaban J connectivity index is 2.77. The molecule has 0 saturated carbocycles. The zero-order valence-corrected chi connectivity index (χ0v) is 14.2. The molecule has 0 spiro atoms. The number of halogens is 1. The van der Waals surface area contributed by atoms with Crippen molar-refractivity contribution >= 4 is 17.3 Å². The van der Waals surface area contributed by atoms with Gasteiger partial charge < -0.3 is 15.0 Å². The van der Waals surface area contributed by atoms with E-state index in [0.717, 1.165) is 17.3 Å². The summed E-state index contributed by atoms with van der Waals surface area (Å²) in [4.78, 5) is 2.15. The van der Waals surface area contributed by atoms with Crippen LogP contribution in [-0.4, -0.2) is 32.3 Å². The molecule has 1 aromatic rings. The van der Waals surface area contributed by atoms with Crippen LogP contribution in [-0.2, 0) is 11.3 Å². The molecule has 114 valence electrons. The van der Waals surface area contributed by atoms with Crippen LogP contribution in [0.4, 0.5) is 5.69 Å². The van der Waals surface area contributed by atoms with Crippen LogP contribution >= 0.6 is 11.6 Å². The molecule has 0 aliphatic heterocycles. The largest absolute Gasteiger partial charge is 0.383 e. The molecule has 3 nitrogen and oxygen atoms in total. The summed E-state index contributed by atoms with van der Waals surface area (Å²) in [5, 5.41) is 4.25. The molecule has 0 aliphatic rings. The van der Waals surface area contributed by atoms with Crippen LogP contribution in [0.3, 0.4) is 0 Å². The molecule has 0 aromatic heterocycles. The van der Waals surface area contributed by atoms with Crippen LogP contribution in [0, 0.1) is 0 Å². The first-order valence-corrected chi connectivity index (χ1v) is 7.37. The molecule has 0 fully saturated rings. The van der Waals surface area contributed by atoms with Crippen molar-refractivity contribution in [1.82, 2.24) is 5.32 Å². The third-order valence-electron chi connectivity index (χ3n) is 3.28. The average molecular weight is 299 g/mol. The van der Waals surface area contributed by atoms with E-state index in [1.54, 1.807) is 7.11 Å². The Hall–Kier alpha value is -0.770. The van der Waals surface area contributed by atoms with Gasteiger partial charge in [-0.25, -0.2) is 0 Å². The Morgan fingerprint density at radius 2 is 2.00 bits per heavy atom. The molecule has 0 bridgehead atoms. The minimum Gasteiger partial charge on any atom is -0.383 e. The Morgan fingerprint density at radius 1 is 1.35 bits per heavy atom. The lowest BCUT2D eigenvalue weighted by Crippen LogP contribution is -2.35. The summed E-state index contributed by atoms with van der Waals surface area (Å²) in [7, 11) is 3.76. The van der Waals surface area contributed by atoms with Crippen molar-refractivity contribution in [2.75, 3.05) is 25.7 Å². The number of likely N-dealkylation sites (N-methyl/N-ethyl adjacent to an activating group) is 1. The number of nitrogens with one attached hydrogen (secondary N) is 1. The number of benzene rings is 1. The smallest absolute Gasteiger partial charge is 0.0663 e. The molecule has 0 radical (unpaired) electrons. The summed E-state index contributed by atoms with van der Waals surface area (Å²) in [5.74, 6) is 0. The van der Waals surface area contributed by atoms with Gasteiger partial charge in [-0.3, -0.25) is 0 Å². The first-order valence-electron chi connectivity index (χ1n) is 7.00. The summed E-state index contributed by atoms with van der Waals surface area (Å²) in [5.41, 5.74) is 2.34. The second-order valence-electron chi connectivity index (χ2n) is 6.30. The fraction of sp³-hybridized carbons (Fsp3) is 0.625. The molecule has 0 amide bonds. The second kappa shape index (κ2) is 7.30. The third-order valence-corrected chi connectivity index (χ3v) is 3.59. The van der Waals surface area contributed by atoms with Crippen LogP contribution in [0.5, 0.6) is 0 Å². The molecule has 0 saturated heterocycles. The van der Waals surface area contributed by atoms with E-state index in [-0.39, 0.29) is 11.6 Å². The van der Waals surface area contributed by atoms with Crippen LogP contribution in [0.25, 0.3) is 0 Å². The SMILES string of the molecule is COCC(C)N(C)c1ccc(CNC(C)(C)C)cc1Cl. The van der Waals surface area contributed by atoms with Gasteiger partial charge in [0.15, 0.2) is 0 Å². The van der Waals surface area contributed by atoms with Gasteiger partial charge >= 0.3 is 0 Å². The predicted molar refractivity (Wildman–Crippen MR) is 87.8 cm³/mol. The van der Waals surface area contributed by atoms with Gasteiger partial charge in [0.05, 0.1) is 17.3 Å². The van der Waals surface area contributed by atoms with E-state index in [0.29, 0.717) is 6.61 Å². The van der Waals surface area contributed by atoms with Crippen molar-refractivity contribution in [1.29, 1.82) is 0 Å². The van der Waals surface area contributed by atoms with Gasteiger partial charge in [0.25, 0.3) is 0 Å². The second-order valence-corrected chi connectivity index (χ2v) is 6.71. The molecule has 1 N–H and O–H groups in total. The highest BCUT2D eigenvalue weighted by Gasteiger charge is 2.14. The molecule has 1 atom stereocenters. The molecule has 1 aromatic carbocycles. The third kappa shape index (κ3) is 5.31. The number of ether oxygens (including phenoxy) is 1. The molecular weight excluding hydrogens is 272 g/mol. The van der Waals surface area contributed by atoms with Crippen LogP contribution < -0.4 is 10.2 Å². The van der Waals surface area contributed by atoms with Crippen molar-refractivity contribution < 1.29 is 4.74 Å². The van der Waals surface area contributed by atoms with E-state index in [1.165, 1.54) is 5.56 Å². The average Bonchev–Trinajstić information content (AvgIpc) is 2.35. The van der Waals surface area contributed by atoms with E-state index in [2.05, 4.69) is 50.0 Å². The zero-order valence-electron chi connectivity index (χ0n) is 13.5. The van der Waals surface area contributed by atoms with E-state index < -0.39 is 0 Å². The fourth-order valence-corrected chi connectivity index (χ4v) is 2.24. The fourth-order valence-electron chi connectivity index (χ4n) is 1.90. The predicted octanol–water partition coefficient (Wildman–Crippen LogP) is 3.70. The van der Waals surface area contributed by atoms with Crippen molar-refractivity contribution in [3.05, 3.63) is 28.8 Å². The van der Waals surface area contributed by atoms with Crippen molar-refractivity contribution in [3.8, 4) is 0 Å². The maximum absolute atomic E-state index is 6.41. The number of anilines is 1. The number of nitrogens with zero attached hydrogens (tertiary/aromatic N) is 1. The summed E-state index contributed by atoms with van der Waals surface area (Å²) in [6, 6.07) is 6.52. The van der Waals surface area contributed by atoms with Gasteiger partial charge in [0, 0.05) is 32.3 Å². The van der Waals surface area contributed by atoms with Gasteiger partial charge in [0.2, 0.25) is 0 Å². The minimum atomic E-state index is 0.106. The molecule has 0 heterocycles. The number of hydrogen-bond donors (Lipinski definition) is 1.